The van der Waals surface area contributed by atoms with Gasteiger partial charge < -0.3 is 9.80 Å². The number of hydrogen-bond acceptors (Lipinski definition) is 2. The highest BCUT2D eigenvalue weighted by Crippen LogP contribution is 2.46. The van der Waals surface area contributed by atoms with Crippen LogP contribution in [0.5, 0.6) is 0 Å². The summed E-state index contributed by atoms with van der Waals surface area (Å²) in [4.78, 5) is 5.24. The molecule has 0 unspecified atom stereocenters. The molecule has 164 valence electrons. The van der Waals surface area contributed by atoms with Crippen LogP contribution in [0.25, 0.3) is 0 Å². The van der Waals surface area contributed by atoms with E-state index in [4.69, 9.17) is 0 Å². The maximum atomic E-state index is 2.62. The fraction of sp³-hybridized carbons (Fsp3) is 0.917. The zero-order valence-electron chi connectivity index (χ0n) is 17.0. The predicted octanol–water partition coefficient (Wildman–Crippen LogP) is 8.30. The van der Waals surface area contributed by atoms with Crippen molar-refractivity contribution in [3.8, 4) is 0 Å². The molecule has 0 aromatic heterocycles. The molecule has 0 aromatic rings. The Labute approximate surface area is 170 Å². The average Bonchev–Trinajstić information content (AvgIpc) is 2.87. The van der Waals surface area contributed by atoms with Crippen LogP contribution in [0.2, 0.25) is 0 Å². The largest absolute Gasteiger partial charge is 0.370 e. The normalized spacial score (nSPS) is 25.2. The number of hydrogen-bond donors (Lipinski definition) is 0. The van der Waals surface area contributed by atoms with Gasteiger partial charge in [-0.05, 0) is 27.7 Å². The van der Waals surface area contributed by atoms with Crippen molar-refractivity contribution < 1.29 is 0 Å². The van der Waals surface area contributed by atoms with E-state index in [0.29, 0.717) is 23.9 Å². The molecule has 0 fully saturated rings. The first kappa shape index (κ1) is 36.3. The molecule has 26 heavy (non-hydrogen) atoms. The van der Waals surface area contributed by atoms with Gasteiger partial charge in [0.25, 0.3) is 0 Å². The van der Waals surface area contributed by atoms with Crippen LogP contribution >= 0.6 is 0 Å². The van der Waals surface area contributed by atoms with Gasteiger partial charge in [-0.15, -0.1) is 0 Å². The van der Waals surface area contributed by atoms with Gasteiger partial charge in [0.1, 0.15) is 0 Å². The molecule has 0 radical (unpaired) electrons. The molecule has 2 nitrogen and oxygen atoms in total. The molecule has 0 saturated heterocycles. The lowest BCUT2D eigenvalue weighted by Gasteiger charge is -2.35. The fourth-order valence-electron chi connectivity index (χ4n) is 3.64. The molecule has 4 atom stereocenters. The van der Waals surface area contributed by atoms with Gasteiger partial charge in [-0.25, -0.2) is 0 Å². The predicted molar refractivity (Wildman–Crippen MR) is 128 cm³/mol. The van der Waals surface area contributed by atoms with E-state index >= 15 is 0 Å². The number of nitrogens with zero attached hydrogens (tertiary/aromatic N) is 2. The first-order valence-corrected chi connectivity index (χ1v) is 9.64. The molecule has 2 aliphatic rings. The molecule has 0 spiro atoms. The molecule has 0 N–H and O–H groups in total. The van der Waals surface area contributed by atoms with Crippen LogP contribution in [-0.2, 0) is 0 Å². The summed E-state index contributed by atoms with van der Waals surface area (Å²) in [5, 5.41) is 0. The van der Waals surface area contributed by atoms with Crippen molar-refractivity contribution in [3.63, 3.8) is 0 Å². The van der Waals surface area contributed by atoms with Gasteiger partial charge in [0.15, 0.2) is 0 Å². The van der Waals surface area contributed by atoms with E-state index in [-0.39, 0.29) is 29.7 Å². The molecular formula is C24H58N2. The summed E-state index contributed by atoms with van der Waals surface area (Å²) in [5.74, 6) is 1.39. The van der Waals surface area contributed by atoms with Gasteiger partial charge in [-0.2, -0.15) is 0 Å². The minimum Gasteiger partial charge on any atom is -0.370 e. The zero-order valence-corrected chi connectivity index (χ0v) is 17.0. The highest BCUT2D eigenvalue weighted by molar-refractivity contribution is 5.31. The topological polar surface area (TPSA) is 6.48 Å². The second-order valence-corrected chi connectivity index (χ2v) is 6.82. The minimum absolute atomic E-state index is 0. The van der Waals surface area contributed by atoms with Crippen molar-refractivity contribution in [2.45, 2.75) is 124 Å². The molecule has 2 heteroatoms. The second kappa shape index (κ2) is 17.7. The van der Waals surface area contributed by atoms with Crippen LogP contribution in [0.15, 0.2) is 11.4 Å². The quantitative estimate of drug-likeness (QED) is 0.479. The maximum Gasteiger partial charge on any atom is 0.0383 e. The maximum absolute atomic E-state index is 2.62. The van der Waals surface area contributed by atoms with E-state index in [1.807, 2.05) is 0 Å². The molecule has 0 saturated carbocycles. The summed E-state index contributed by atoms with van der Waals surface area (Å²) in [6, 6.07) is 1.36. The first-order valence-electron chi connectivity index (χ1n) is 9.64. The summed E-state index contributed by atoms with van der Waals surface area (Å²) in [5.41, 5.74) is 3.27. The van der Waals surface area contributed by atoms with Crippen LogP contribution in [0.1, 0.15) is 112 Å². The third-order valence-electron chi connectivity index (χ3n) is 4.86. The van der Waals surface area contributed by atoms with E-state index < -0.39 is 0 Å². The Kier molecular flexibility index (Phi) is 24.8. The van der Waals surface area contributed by atoms with E-state index in [9.17, 15) is 0 Å². The molecule has 0 aromatic carbocycles. The lowest BCUT2D eigenvalue weighted by molar-refractivity contribution is 0.183. The second-order valence-electron chi connectivity index (χ2n) is 6.82. The Morgan fingerprint density at radius 2 is 0.731 bits per heavy atom. The highest BCUT2D eigenvalue weighted by Gasteiger charge is 2.46. The summed E-state index contributed by atoms with van der Waals surface area (Å²) in [6.45, 7) is 24.9. The third-order valence-corrected chi connectivity index (χ3v) is 4.86. The lowest BCUT2D eigenvalue weighted by Crippen LogP contribution is -2.39. The molecule has 0 aliphatic carbocycles. The summed E-state index contributed by atoms with van der Waals surface area (Å²) < 4.78 is 0. The zero-order chi connectivity index (χ0) is 17.4. The average molecular weight is 375 g/mol. The van der Waals surface area contributed by atoms with Crippen LogP contribution in [0.3, 0.4) is 0 Å². The summed E-state index contributed by atoms with van der Waals surface area (Å²) in [6.07, 6.45) is 2.50. The van der Waals surface area contributed by atoms with E-state index in [0.717, 1.165) is 13.1 Å². The Hall–Kier alpha value is -0.660. The van der Waals surface area contributed by atoms with Crippen LogP contribution in [0, 0.1) is 11.8 Å². The first-order chi connectivity index (χ1) is 10.4. The summed E-state index contributed by atoms with van der Waals surface area (Å²) in [7, 11) is 0. The van der Waals surface area contributed by atoms with Crippen LogP contribution in [0.4, 0.5) is 0 Å². The minimum atomic E-state index is 0. The lowest BCUT2D eigenvalue weighted by atomic mass is 10.0. The smallest absolute Gasteiger partial charge is 0.0383 e. The highest BCUT2D eigenvalue weighted by atomic mass is 15.3. The van der Waals surface area contributed by atoms with Crippen LogP contribution < -0.4 is 0 Å². The van der Waals surface area contributed by atoms with E-state index in [2.05, 4.69) is 79.0 Å². The van der Waals surface area contributed by atoms with Crippen LogP contribution in [-0.4, -0.2) is 35.0 Å². The molecule has 2 rings (SSSR count). The van der Waals surface area contributed by atoms with E-state index in [1.54, 1.807) is 11.4 Å². The van der Waals surface area contributed by atoms with Crippen molar-refractivity contribution in [1.82, 2.24) is 9.80 Å². The molecule has 0 amide bonds. The number of rotatable bonds is 2. The SMILES string of the molecule is C.C.C.C.CCC.CCC.CCN1C2=C([C@H](C)[C@@H]1C)N(CC)[C@@H](C)[C@H]2C. The van der Waals surface area contributed by atoms with Crippen molar-refractivity contribution in [2.24, 2.45) is 11.8 Å². The molecule has 2 aliphatic heterocycles. The third kappa shape index (κ3) is 7.53. The van der Waals surface area contributed by atoms with Crippen molar-refractivity contribution in [3.05, 3.63) is 11.4 Å². The Balaban J connectivity index is -0.000000131. The Morgan fingerprint density at radius 3 is 0.885 bits per heavy atom. The van der Waals surface area contributed by atoms with Gasteiger partial charge in [-0.1, -0.05) is 84.1 Å². The molecule has 0 bridgehead atoms. The Morgan fingerprint density at radius 1 is 0.538 bits per heavy atom. The molecular weight excluding hydrogens is 316 g/mol. The molecule has 2 heterocycles. The standard InChI is InChI=1S/C14H26N2.2C3H8.4CH4/c1-7-15-11(5)9(3)14-13(15)10(4)12(6)16(14)8-2;2*1-3-2;;;;/h9-12H,7-8H2,1-6H3;2*3H2,1-2H3;4*1H4/t9-,10-,11+,12+;;;;;;/m1....../s1. The van der Waals surface area contributed by atoms with Gasteiger partial charge in [0, 0.05) is 48.4 Å². The fourth-order valence-corrected chi connectivity index (χ4v) is 3.64. The van der Waals surface area contributed by atoms with Gasteiger partial charge >= 0.3 is 0 Å². The van der Waals surface area contributed by atoms with Gasteiger partial charge in [0.2, 0.25) is 0 Å². The Bertz CT molecular complexity index is 303. The monoisotopic (exact) mass is 374 g/mol. The van der Waals surface area contributed by atoms with Gasteiger partial charge in [-0.3, -0.25) is 0 Å². The van der Waals surface area contributed by atoms with Crippen molar-refractivity contribution >= 4 is 0 Å². The van der Waals surface area contributed by atoms with E-state index in [1.165, 1.54) is 12.8 Å². The van der Waals surface area contributed by atoms with Crippen molar-refractivity contribution in [1.29, 1.82) is 0 Å². The summed E-state index contributed by atoms with van der Waals surface area (Å²) >= 11 is 0. The van der Waals surface area contributed by atoms with Crippen molar-refractivity contribution in [2.75, 3.05) is 13.1 Å². The van der Waals surface area contributed by atoms with Gasteiger partial charge in [0.05, 0.1) is 0 Å².